The van der Waals surface area contributed by atoms with E-state index in [9.17, 15) is 28.2 Å². The maximum atomic E-state index is 11.6. The van der Waals surface area contributed by atoms with E-state index in [0.29, 0.717) is 0 Å². The lowest BCUT2D eigenvalue weighted by Crippen LogP contribution is -2.47. The Hall–Kier alpha value is -0.840. The summed E-state index contributed by atoms with van der Waals surface area (Å²) in [7, 11) is -0.419. The SMILES string of the molecule is COC(=O)C1(C(C)O)CCS(=O)(=O)CC1.COC(=O)C1(C(C)O)CCSCC1. The Bertz CT molecular complexity index is 622. The monoisotopic (exact) mass is 440 g/mol. The Labute approximate surface area is 171 Å². The van der Waals surface area contributed by atoms with E-state index in [2.05, 4.69) is 4.74 Å². The molecule has 0 aliphatic carbocycles. The van der Waals surface area contributed by atoms with E-state index >= 15 is 0 Å². The van der Waals surface area contributed by atoms with E-state index in [1.807, 2.05) is 11.8 Å². The molecule has 8 nitrogen and oxygen atoms in total. The van der Waals surface area contributed by atoms with Crippen molar-refractivity contribution in [3.8, 4) is 0 Å². The Balaban J connectivity index is 0.000000283. The highest BCUT2D eigenvalue weighted by molar-refractivity contribution is 7.99. The maximum Gasteiger partial charge on any atom is 0.314 e. The van der Waals surface area contributed by atoms with Crippen LogP contribution in [-0.2, 0) is 28.9 Å². The molecule has 2 aliphatic rings. The van der Waals surface area contributed by atoms with Gasteiger partial charge >= 0.3 is 11.9 Å². The predicted octanol–water partition coefficient (Wildman–Crippen LogP) is 0.789. The molecule has 0 aromatic rings. The summed E-state index contributed by atoms with van der Waals surface area (Å²) in [6, 6.07) is 0. The highest BCUT2D eigenvalue weighted by atomic mass is 32.2. The van der Waals surface area contributed by atoms with E-state index in [1.54, 1.807) is 6.92 Å². The molecule has 2 atom stereocenters. The molecular weight excluding hydrogens is 408 g/mol. The number of thioether (sulfide) groups is 1. The van der Waals surface area contributed by atoms with Crippen molar-refractivity contribution in [2.24, 2.45) is 10.8 Å². The van der Waals surface area contributed by atoms with E-state index in [-0.39, 0.29) is 30.3 Å². The Morgan fingerprint density at radius 2 is 1.21 bits per heavy atom. The molecule has 2 rings (SSSR count). The van der Waals surface area contributed by atoms with Crippen LogP contribution in [0, 0.1) is 10.8 Å². The molecule has 0 radical (unpaired) electrons. The van der Waals surface area contributed by atoms with Crippen molar-refractivity contribution in [3.05, 3.63) is 0 Å². The molecule has 2 aliphatic heterocycles. The van der Waals surface area contributed by atoms with Crippen LogP contribution >= 0.6 is 11.8 Å². The first kappa shape index (κ1) is 25.2. The molecule has 2 saturated heterocycles. The van der Waals surface area contributed by atoms with Gasteiger partial charge in [-0.3, -0.25) is 9.59 Å². The van der Waals surface area contributed by atoms with Gasteiger partial charge in [0.25, 0.3) is 0 Å². The first-order valence-corrected chi connectivity index (χ1v) is 12.3. The minimum Gasteiger partial charge on any atom is -0.469 e. The minimum absolute atomic E-state index is 0.0625. The number of methoxy groups -OCH3 is 2. The quantitative estimate of drug-likeness (QED) is 0.610. The molecule has 164 valence electrons. The van der Waals surface area contributed by atoms with Gasteiger partial charge in [0, 0.05) is 0 Å². The van der Waals surface area contributed by atoms with Crippen LogP contribution in [0.2, 0.25) is 0 Å². The van der Waals surface area contributed by atoms with E-state index in [4.69, 9.17) is 4.74 Å². The van der Waals surface area contributed by atoms with Crippen molar-refractivity contribution in [1.82, 2.24) is 0 Å². The molecule has 2 unspecified atom stereocenters. The summed E-state index contributed by atoms with van der Waals surface area (Å²) >= 11 is 1.82. The average molecular weight is 441 g/mol. The molecule has 28 heavy (non-hydrogen) atoms. The van der Waals surface area contributed by atoms with Gasteiger partial charge in [-0.2, -0.15) is 11.8 Å². The van der Waals surface area contributed by atoms with Gasteiger partial charge in [-0.15, -0.1) is 0 Å². The summed E-state index contributed by atoms with van der Waals surface area (Å²) in [5.74, 6) is 0.954. The molecule has 0 amide bonds. The second-order valence-corrected chi connectivity index (χ2v) is 10.9. The molecule has 0 spiro atoms. The number of aliphatic hydroxyl groups excluding tert-OH is 2. The fourth-order valence-corrected chi connectivity index (χ4v) is 6.41. The van der Waals surface area contributed by atoms with Crippen LogP contribution in [0.5, 0.6) is 0 Å². The smallest absolute Gasteiger partial charge is 0.314 e. The summed E-state index contributed by atoms with van der Waals surface area (Å²) in [5, 5.41) is 19.2. The van der Waals surface area contributed by atoms with Gasteiger partial charge in [-0.1, -0.05) is 0 Å². The number of hydrogen-bond acceptors (Lipinski definition) is 9. The van der Waals surface area contributed by atoms with Gasteiger partial charge in [-0.25, -0.2) is 8.42 Å². The third-order valence-corrected chi connectivity index (χ3v) is 8.52. The minimum atomic E-state index is -3.05. The van der Waals surface area contributed by atoms with Gasteiger partial charge < -0.3 is 19.7 Å². The summed E-state index contributed by atoms with van der Waals surface area (Å²) in [6.45, 7) is 3.17. The predicted molar refractivity (Wildman–Crippen MR) is 107 cm³/mol. The van der Waals surface area contributed by atoms with Gasteiger partial charge in [-0.05, 0) is 51.0 Å². The Kier molecular flexibility index (Phi) is 9.24. The van der Waals surface area contributed by atoms with Gasteiger partial charge in [0.05, 0.1) is 48.8 Å². The van der Waals surface area contributed by atoms with Gasteiger partial charge in [0.15, 0.2) is 0 Å². The van der Waals surface area contributed by atoms with E-state index < -0.39 is 38.8 Å². The Morgan fingerprint density at radius 3 is 1.54 bits per heavy atom. The first-order chi connectivity index (χ1) is 13.0. The Morgan fingerprint density at radius 1 is 0.857 bits per heavy atom. The third kappa shape index (κ3) is 5.61. The molecule has 2 heterocycles. The van der Waals surface area contributed by atoms with Crippen molar-refractivity contribution >= 4 is 33.5 Å². The number of carbonyl (C=O) groups is 2. The van der Waals surface area contributed by atoms with E-state index in [1.165, 1.54) is 21.1 Å². The molecule has 0 aromatic heterocycles. The highest BCUT2D eigenvalue weighted by Crippen LogP contribution is 2.39. The largest absolute Gasteiger partial charge is 0.469 e. The molecule has 0 saturated carbocycles. The molecule has 2 fully saturated rings. The lowest BCUT2D eigenvalue weighted by Gasteiger charge is -2.36. The van der Waals surface area contributed by atoms with Gasteiger partial charge in [0.1, 0.15) is 9.84 Å². The molecule has 10 heteroatoms. The van der Waals surface area contributed by atoms with Crippen LogP contribution < -0.4 is 0 Å². The normalized spacial score (nSPS) is 24.6. The number of aliphatic hydroxyl groups is 2. The van der Waals surface area contributed by atoms with Crippen molar-refractivity contribution in [1.29, 1.82) is 0 Å². The molecular formula is C18H32O8S2. The fraction of sp³-hybridized carbons (Fsp3) is 0.889. The summed E-state index contributed by atoms with van der Waals surface area (Å²) in [6.07, 6.45) is 0.227. The average Bonchev–Trinajstić information content (AvgIpc) is 2.67. The molecule has 0 aromatic carbocycles. The van der Waals surface area contributed by atoms with Crippen LogP contribution in [0.4, 0.5) is 0 Å². The van der Waals surface area contributed by atoms with Crippen molar-refractivity contribution in [3.63, 3.8) is 0 Å². The third-order valence-electron chi connectivity index (χ3n) is 5.89. The first-order valence-electron chi connectivity index (χ1n) is 9.28. The number of sulfone groups is 1. The topological polar surface area (TPSA) is 127 Å². The summed E-state index contributed by atoms with van der Waals surface area (Å²) < 4.78 is 31.9. The molecule has 2 N–H and O–H groups in total. The van der Waals surface area contributed by atoms with Crippen LogP contribution in [-0.4, -0.2) is 80.0 Å². The lowest BCUT2D eigenvalue weighted by atomic mass is 9.77. The fourth-order valence-electron chi connectivity index (χ4n) is 3.63. The van der Waals surface area contributed by atoms with Crippen molar-refractivity contribution in [2.75, 3.05) is 37.2 Å². The molecule has 0 bridgehead atoms. The van der Waals surface area contributed by atoms with Crippen LogP contribution in [0.3, 0.4) is 0 Å². The number of rotatable bonds is 4. The number of esters is 2. The van der Waals surface area contributed by atoms with E-state index in [0.717, 1.165) is 24.3 Å². The zero-order valence-corrected chi connectivity index (χ0v) is 18.6. The lowest BCUT2D eigenvalue weighted by molar-refractivity contribution is -0.161. The second kappa shape index (κ2) is 10.3. The van der Waals surface area contributed by atoms with Crippen LogP contribution in [0.1, 0.15) is 39.5 Å². The van der Waals surface area contributed by atoms with Crippen LogP contribution in [0.15, 0.2) is 0 Å². The van der Waals surface area contributed by atoms with Crippen molar-refractivity contribution < 1.29 is 37.7 Å². The maximum absolute atomic E-state index is 11.6. The standard InChI is InChI=1S/C9H16O5S.C9H16O3S/c1-7(10)9(8(11)14-2)3-5-15(12,13)6-4-9;1-7(10)9(8(11)12-2)3-5-13-6-4-9/h7,10H,3-6H2,1-2H3;7,10H,3-6H2,1-2H3. The number of hydrogen-bond donors (Lipinski definition) is 2. The van der Waals surface area contributed by atoms with Crippen LogP contribution in [0.25, 0.3) is 0 Å². The number of carbonyl (C=O) groups excluding carboxylic acids is 2. The van der Waals surface area contributed by atoms with Gasteiger partial charge in [0.2, 0.25) is 0 Å². The summed E-state index contributed by atoms with van der Waals surface area (Å²) in [5.41, 5.74) is -1.68. The zero-order chi connectivity index (χ0) is 21.6. The van der Waals surface area contributed by atoms with Crippen molar-refractivity contribution in [2.45, 2.75) is 51.7 Å². The second-order valence-electron chi connectivity index (χ2n) is 7.41. The highest BCUT2D eigenvalue weighted by Gasteiger charge is 2.48. The summed E-state index contributed by atoms with van der Waals surface area (Å²) in [4.78, 5) is 23.1. The number of ether oxygens (including phenoxy) is 2. The zero-order valence-electron chi connectivity index (χ0n) is 17.0.